The Labute approximate surface area is 107 Å². The minimum absolute atomic E-state index is 0.00238. The SMILES string of the molecule is COc1cc(C)c(-c2ccc(=O)n(C)c2)c(C)c1. The van der Waals surface area contributed by atoms with Crippen molar-refractivity contribution in [2.24, 2.45) is 7.05 Å². The number of pyridine rings is 1. The van der Waals surface area contributed by atoms with Gasteiger partial charge in [0.1, 0.15) is 5.75 Å². The Morgan fingerprint density at radius 3 is 2.22 bits per heavy atom. The lowest BCUT2D eigenvalue weighted by atomic mass is 9.96. The fourth-order valence-electron chi connectivity index (χ4n) is 2.24. The molecule has 2 aromatic rings. The van der Waals surface area contributed by atoms with Crippen LogP contribution in [0, 0.1) is 13.8 Å². The van der Waals surface area contributed by atoms with Gasteiger partial charge in [0.05, 0.1) is 7.11 Å². The Bertz CT molecular complexity index is 618. The Balaban J connectivity index is 2.63. The molecule has 0 fully saturated rings. The molecular formula is C15H17NO2. The van der Waals surface area contributed by atoms with Crippen LogP contribution in [0.3, 0.4) is 0 Å². The van der Waals surface area contributed by atoms with Gasteiger partial charge in [-0.1, -0.05) is 0 Å². The van der Waals surface area contributed by atoms with Gasteiger partial charge in [-0.25, -0.2) is 0 Å². The van der Waals surface area contributed by atoms with Crippen LogP contribution in [0.5, 0.6) is 5.75 Å². The molecule has 0 radical (unpaired) electrons. The van der Waals surface area contributed by atoms with Crippen LogP contribution in [0.15, 0.2) is 35.3 Å². The van der Waals surface area contributed by atoms with Gasteiger partial charge in [0.15, 0.2) is 0 Å². The molecule has 0 aliphatic heterocycles. The minimum Gasteiger partial charge on any atom is -0.497 e. The van der Waals surface area contributed by atoms with E-state index >= 15 is 0 Å². The Morgan fingerprint density at radius 2 is 1.72 bits per heavy atom. The Hall–Kier alpha value is -2.03. The maximum absolute atomic E-state index is 11.4. The summed E-state index contributed by atoms with van der Waals surface area (Å²) in [5.41, 5.74) is 4.50. The van der Waals surface area contributed by atoms with Gasteiger partial charge in [-0.05, 0) is 54.3 Å². The van der Waals surface area contributed by atoms with E-state index in [0.29, 0.717) is 0 Å². The fraction of sp³-hybridized carbons (Fsp3) is 0.267. The van der Waals surface area contributed by atoms with E-state index in [4.69, 9.17) is 4.74 Å². The molecule has 0 saturated carbocycles. The van der Waals surface area contributed by atoms with Crippen molar-refractivity contribution in [3.63, 3.8) is 0 Å². The molecule has 1 heterocycles. The second-order valence-electron chi connectivity index (χ2n) is 4.50. The first kappa shape index (κ1) is 12.4. The van der Waals surface area contributed by atoms with Crippen LogP contribution in [0.4, 0.5) is 0 Å². The monoisotopic (exact) mass is 243 g/mol. The van der Waals surface area contributed by atoms with Crippen LogP contribution in [0.1, 0.15) is 11.1 Å². The van der Waals surface area contributed by atoms with Gasteiger partial charge >= 0.3 is 0 Å². The molecule has 2 rings (SSSR count). The van der Waals surface area contributed by atoms with Gasteiger partial charge in [0, 0.05) is 19.3 Å². The molecule has 1 aromatic heterocycles. The summed E-state index contributed by atoms with van der Waals surface area (Å²) in [6, 6.07) is 7.48. The van der Waals surface area contributed by atoms with Gasteiger partial charge < -0.3 is 9.30 Å². The summed E-state index contributed by atoms with van der Waals surface area (Å²) in [5, 5.41) is 0. The second kappa shape index (κ2) is 4.69. The van der Waals surface area contributed by atoms with Crippen molar-refractivity contribution in [1.29, 1.82) is 0 Å². The molecule has 3 nitrogen and oxygen atoms in total. The number of ether oxygens (including phenoxy) is 1. The third kappa shape index (κ3) is 2.16. The molecule has 1 aromatic carbocycles. The summed E-state index contributed by atoms with van der Waals surface area (Å²) in [6.07, 6.45) is 1.87. The van der Waals surface area contributed by atoms with E-state index in [1.807, 2.05) is 24.4 Å². The van der Waals surface area contributed by atoms with Crippen molar-refractivity contribution in [2.45, 2.75) is 13.8 Å². The predicted molar refractivity (Wildman–Crippen MR) is 73.1 cm³/mol. The average molecular weight is 243 g/mol. The second-order valence-corrected chi connectivity index (χ2v) is 4.50. The molecule has 18 heavy (non-hydrogen) atoms. The van der Waals surface area contributed by atoms with Crippen molar-refractivity contribution >= 4 is 0 Å². The summed E-state index contributed by atoms with van der Waals surface area (Å²) in [5.74, 6) is 0.860. The van der Waals surface area contributed by atoms with E-state index in [2.05, 4.69) is 13.8 Å². The summed E-state index contributed by atoms with van der Waals surface area (Å²) in [7, 11) is 3.43. The molecular weight excluding hydrogens is 226 g/mol. The zero-order chi connectivity index (χ0) is 13.3. The number of aryl methyl sites for hydroxylation is 3. The van der Waals surface area contributed by atoms with Gasteiger partial charge in [0.25, 0.3) is 0 Å². The number of hydrogen-bond acceptors (Lipinski definition) is 2. The predicted octanol–water partition coefficient (Wildman–Crippen LogP) is 2.68. The van der Waals surface area contributed by atoms with E-state index in [1.54, 1.807) is 24.8 Å². The smallest absolute Gasteiger partial charge is 0.250 e. The highest BCUT2D eigenvalue weighted by molar-refractivity contribution is 5.71. The molecule has 0 aliphatic rings. The van der Waals surface area contributed by atoms with Gasteiger partial charge in [-0.15, -0.1) is 0 Å². The number of hydrogen-bond donors (Lipinski definition) is 0. The fourth-order valence-corrected chi connectivity index (χ4v) is 2.24. The molecule has 0 spiro atoms. The minimum atomic E-state index is 0.00238. The maximum atomic E-state index is 11.4. The zero-order valence-electron chi connectivity index (χ0n) is 11.2. The molecule has 0 amide bonds. The van der Waals surface area contributed by atoms with Crippen LogP contribution in [-0.2, 0) is 7.05 Å². The van der Waals surface area contributed by atoms with Crippen molar-refractivity contribution in [2.75, 3.05) is 7.11 Å². The first-order chi connectivity index (χ1) is 8.52. The van der Waals surface area contributed by atoms with E-state index in [-0.39, 0.29) is 5.56 Å². The lowest BCUT2D eigenvalue weighted by Gasteiger charge is -2.13. The number of methoxy groups -OCH3 is 1. The summed E-state index contributed by atoms with van der Waals surface area (Å²) >= 11 is 0. The first-order valence-electron chi connectivity index (χ1n) is 5.85. The van der Waals surface area contributed by atoms with Gasteiger partial charge in [0.2, 0.25) is 5.56 Å². The summed E-state index contributed by atoms with van der Waals surface area (Å²) in [4.78, 5) is 11.4. The standard InChI is InChI=1S/C15H17NO2/c1-10-7-13(18-4)8-11(2)15(10)12-5-6-14(17)16(3)9-12/h5-9H,1-4H3. The molecule has 3 heteroatoms. The number of nitrogens with zero attached hydrogens (tertiary/aromatic N) is 1. The average Bonchev–Trinajstić information content (AvgIpc) is 2.32. The molecule has 0 saturated heterocycles. The van der Waals surface area contributed by atoms with Gasteiger partial charge in [-0.2, -0.15) is 0 Å². The highest BCUT2D eigenvalue weighted by Gasteiger charge is 2.08. The van der Waals surface area contributed by atoms with Gasteiger partial charge in [-0.3, -0.25) is 4.79 Å². The topological polar surface area (TPSA) is 31.2 Å². The van der Waals surface area contributed by atoms with E-state index in [1.165, 1.54) is 0 Å². The number of rotatable bonds is 2. The molecule has 0 aliphatic carbocycles. The molecule has 0 N–H and O–H groups in total. The quantitative estimate of drug-likeness (QED) is 0.812. The largest absolute Gasteiger partial charge is 0.497 e. The van der Waals surface area contributed by atoms with E-state index in [9.17, 15) is 4.79 Å². The van der Waals surface area contributed by atoms with Crippen LogP contribution in [0.2, 0.25) is 0 Å². The van der Waals surface area contributed by atoms with Crippen LogP contribution < -0.4 is 10.3 Å². The van der Waals surface area contributed by atoms with Crippen LogP contribution in [-0.4, -0.2) is 11.7 Å². The zero-order valence-corrected chi connectivity index (χ0v) is 11.2. The third-order valence-corrected chi connectivity index (χ3v) is 3.12. The van der Waals surface area contributed by atoms with E-state index < -0.39 is 0 Å². The van der Waals surface area contributed by atoms with Crippen molar-refractivity contribution in [1.82, 2.24) is 4.57 Å². The van der Waals surface area contributed by atoms with Crippen molar-refractivity contribution in [3.8, 4) is 16.9 Å². The third-order valence-electron chi connectivity index (χ3n) is 3.12. The van der Waals surface area contributed by atoms with Crippen LogP contribution in [0.25, 0.3) is 11.1 Å². The number of benzene rings is 1. The van der Waals surface area contributed by atoms with Crippen molar-refractivity contribution in [3.05, 3.63) is 51.9 Å². The molecule has 0 unspecified atom stereocenters. The normalized spacial score (nSPS) is 10.4. The maximum Gasteiger partial charge on any atom is 0.250 e. The van der Waals surface area contributed by atoms with Crippen molar-refractivity contribution < 1.29 is 4.74 Å². The highest BCUT2D eigenvalue weighted by Crippen LogP contribution is 2.30. The lowest BCUT2D eigenvalue weighted by molar-refractivity contribution is 0.414. The lowest BCUT2D eigenvalue weighted by Crippen LogP contribution is -2.14. The summed E-state index contributed by atoms with van der Waals surface area (Å²) < 4.78 is 6.85. The van der Waals surface area contributed by atoms with E-state index in [0.717, 1.165) is 28.0 Å². The Kier molecular flexibility index (Phi) is 3.24. The first-order valence-corrected chi connectivity index (χ1v) is 5.85. The molecule has 94 valence electrons. The van der Waals surface area contributed by atoms with Crippen LogP contribution >= 0.6 is 0 Å². The molecule has 0 bridgehead atoms. The molecule has 0 atom stereocenters. The summed E-state index contributed by atoms with van der Waals surface area (Å²) in [6.45, 7) is 4.10. The number of aromatic nitrogens is 1. The Morgan fingerprint density at radius 1 is 1.11 bits per heavy atom. The highest BCUT2D eigenvalue weighted by atomic mass is 16.5.